The van der Waals surface area contributed by atoms with Crippen molar-refractivity contribution in [2.24, 2.45) is 11.7 Å². The van der Waals surface area contributed by atoms with Crippen molar-refractivity contribution in [3.05, 3.63) is 0 Å². The Hall–Kier alpha value is -0.620. The maximum atomic E-state index is 11.7. The Morgan fingerprint density at radius 2 is 1.88 bits per heavy atom. The zero-order valence-corrected chi connectivity index (χ0v) is 11.9. The van der Waals surface area contributed by atoms with Gasteiger partial charge in [-0.05, 0) is 18.8 Å². The Kier molecular flexibility index (Phi) is 6.70. The van der Waals surface area contributed by atoms with E-state index in [4.69, 9.17) is 5.73 Å². The van der Waals surface area contributed by atoms with Crippen molar-refractivity contribution in [1.82, 2.24) is 5.32 Å². The van der Waals surface area contributed by atoms with Gasteiger partial charge >= 0.3 is 0 Å². The molecular formula is C11H24N2O3S. The third-order valence-electron chi connectivity index (χ3n) is 2.71. The van der Waals surface area contributed by atoms with E-state index in [1.165, 1.54) is 0 Å². The molecule has 0 rings (SSSR count). The Labute approximate surface area is 104 Å². The second-order valence-electron chi connectivity index (χ2n) is 4.79. The summed E-state index contributed by atoms with van der Waals surface area (Å²) in [6.45, 7) is 6.04. The predicted molar refractivity (Wildman–Crippen MR) is 69.4 cm³/mol. The molecule has 2 atom stereocenters. The van der Waals surface area contributed by atoms with Crippen LogP contribution in [0.1, 0.15) is 33.6 Å². The molecule has 0 aliphatic carbocycles. The first-order valence-electron chi connectivity index (χ1n) is 5.91. The highest BCUT2D eigenvalue weighted by Gasteiger charge is 2.20. The van der Waals surface area contributed by atoms with E-state index in [9.17, 15) is 13.2 Å². The molecule has 5 nitrogen and oxygen atoms in total. The minimum absolute atomic E-state index is 0.0555. The topological polar surface area (TPSA) is 89.3 Å². The Balaban J connectivity index is 4.22. The van der Waals surface area contributed by atoms with Crippen LogP contribution in [0.2, 0.25) is 0 Å². The van der Waals surface area contributed by atoms with E-state index in [-0.39, 0.29) is 24.1 Å². The molecule has 2 unspecified atom stereocenters. The van der Waals surface area contributed by atoms with Crippen LogP contribution >= 0.6 is 0 Å². The summed E-state index contributed by atoms with van der Waals surface area (Å²) in [6.07, 6.45) is 2.14. The monoisotopic (exact) mass is 264 g/mol. The lowest BCUT2D eigenvalue weighted by Crippen LogP contribution is -2.47. The van der Waals surface area contributed by atoms with Crippen LogP contribution in [-0.4, -0.2) is 38.4 Å². The highest BCUT2D eigenvalue weighted by molar-refractivity contribution is 7.90. The molecular weight excluding hydrogens is 240 g/mol. The summed E-state index contributed by atoms with van der Waals surface area (Å²) in [5.41, 5.74) is 5.65. The van der Waals surface area contributed by atoms with E-state index in [2.05, 4.69) is 5.32 Å². The number of carbonyl (C=O) groups excluding carboxylic acids is 1. The Morgan fingerprint density at radius 3 is 2.24 bits per heavy atom. The molecule has 0 fully saturated rings. The first-order chi connectivity index (χ1) is 7.67. The summed E-state index contributed by atoms with van der Waals surface area (Å²) >= 11 is 0. The molecule has 6 heteroatoms. The summed E-state index contributed by atoms with van der Waals surface area (Å²) < 4.78 is 21.9. The third kappa shape index (κ3) is 7.33. The van der Waals surface area contributed by atoms with Gasteiger partial charge in [-0.25, -0.2) is 8.42 Å². The maximum absolute atomic E-state index is 11.7. The number of nitrogens with two attached hydrogens (primary N) is 1. The minimum atomic E-state index is -3.06. The lowest BCUT2D eigenvalue weighted by atomic mass is 10.0. The first-order valence-corrected chi connectivity index (χ1v) is 7.97. The minimum Gasteiger partial charge on any atom is -0.352 e. The Morgan fingerprint density at radius 1 is 1.35 bits per heavy atom. The van der Waals surface area contributed by atoms with Crippen molar-refractivity contribution < 1.29 is 13.2 Å². The summed E-state index contributed by atoms with van der Waals surface area (Å²) in [7, 11) is -3.06. The van der Waals surface area contributed by atoms with E-state index in [1.807, 2.05) is 20.8 Å². The van der Waals surface area contributed by atoms with Crippen LogP contribution in [0.25, 0.3) is 0 Å². The lowest BCUT2D eigenvalue weighted by Gasteiger charge is -2.22. The average Bonchev–Trinajstić information content (AvgIpc) is 2.20. The van der Waals surface area contributed by atoms with Gasteiger partial charge in [-0.3, -0.25) is 4.79 Å². The number of sulfone groups is 1. The SMILES string of the molecule is CCC(NC(=O)C(N)CCS(C)(=O)=O)C(C)C. The fourth-order valence-corrected chi connectivity index (χ4v) is 2.18. The molecule has 0 aliphatic heterocycles. The molecule has 0 heterocycles. The van der Waals surface area contributed by atoms with Crippen molar-refractivity contribution in [1.29, 1.82) is 0 Å². The van der Waals surface area contributed by atoms with Crippen LogP contribution in [0.4, 0.5) is 0 Å². The van der Waals surface area contributed by atoms with E-state index < -0.39 is 15.9 Å². The van der Waals surface area contributed by atoms with Crippen LogP contribution in [0.15, 0.2) is 0 Å². The fraction of sp³-hybridized carbons (Fsp3) is 0.909. The molecule has 1 amide bonds. The van der Waals surface area contributed by atoms with E-state index in [0.29, 0.717) is 5.92 Å². The number of nitrogens with one attached hydrogen (secondary N) is 1. The first kappa shape index (κ1) is 16.4. The van der Waals surface area contributed by atoms with Gasteiger partial charge in [0.1, 0.15) is 9.84 Å². The number of hydrogen-bond acceptors (Lipinski definition) is 4. The highest BCUT2D eigenvalue weighted by Crippen LogP contribution is 2.06. The number of carbonyl (C=O) groups is 1. The molecule has 0 aromatic heterocycles. The zero-order chi connectivity index (χ0) is 13.6. The van der Waals surface area contributed by atoms with Crippen LogP contribution < -0.4 is 11.1 Å². The van der Waals surface area contributed by atoms with Crippen molar-refractivity contribution >= 4 is 15.7 Å². The van der Waals surface area contributed by atoms with E-state index >= 15 is 0 Å². The molecule has 17 heavy (non-hydrogen) atoms. The maximum Gasteiger partial charge on any atom is 0.237 e. The van der Waals surface area contributed by atoms with Gasteiger partial charge in [0.25, 0.3) is 0 Å². The summed E-state index contributed by atoms with van der Waals surface area (Å²) in [5, 5.41) is 2.84. The van der Waals surface area contributed by atoms with E-state index in [0.717, 1.165) is 12.7 Å². The zero-order valence-electron chi connectivity index (χ0n) is 11.1. The van der Waals surface area contributed by atoms with Crippen LogP contribution in [0.3, 0.4) is 0 Å². The third-order valence-corrected chi connectivity index (χ3v) is 3.69. The Bertz CT molecular complexity index is 339. The van der Waals surface area contributed by atoms with Crippen molar-refractivity contribution in [3.63, 3.8) is 0 Å². The number of amides is 1. The average molecular weight is 264 g/mol. The molecule has 0 spiro atoms. The van der Waals surface area contributed by atoms with E-state index in [1.54, 1.807) is 0 Å². The van der Waals surface area contributed by atoms with Crippen molar-refractivity contribution in [3.8, 4) is 0 Å². The van der Waals surface area contributed by atoms with Gasteiger partial charge in [-0.1, -0.05) is 20.8 Å². The predicted octanol–water partition coefficient (Wildman–Crippen LogP) is 0.299. The highest BCUT2D eigenvalue weighted by atomic mass is 32.2. The van der Waals surface area contributed by atoms with Gasteiger partial charge in [0, 0.05) is 12.3 Å². The van der Waals surface area contributed by atoms with Gasteiger partial charge in [-0.15, -0.1) is 0 Å². The van der Waals surface area contributed by atoms with Crippen molar-refractivity contribution in [2.45, 2.75) is 45.7 Å². The van der Waals surface area contributed by atoms with Gasteiger partial charge in [0.05, 0.1) is 11.8 Å². The number of rotatable bonds is 7. The molecule has 3 N–H and O–H groups in total. The fourth-order valence-electron chi connectivity index (χ4n) is 1.50. The standard InChI is InChI=1S/C11H24N2O3S/c1-5-10(8(2)3)13-11(14)9(12)6-7-17(4,15)16/h8-10H,5-7,12H2,1-4H3,(H,13,14). The van der Waals surface area contributed by atoms with Gasteiger partial charge < -0.3 is 11.1 Å². The molecule has 102 valence electrons. The summed E-state index contributed by atoms with van der Waals surface area (Å²) in [4.78, 5) is 11.7. The number of hydrogen-bond donors (Lipinski definition) is 2. The molecule has 0 saturated heterocycles. The quantitative estimate of drug-likeness (QED) is 0.692. The summed E-state index contributed by atoms with van der Waals surface area (Å²) in [5.74, 6) is 0.0142. The van der Waals surface area contributed by atoms with Crippen molar-refractivity contribution in [2.75, 3.05) is 12.0 Å². The van der Waals surface area contributed by atoms with Crippen LogP contribution in [0.5, 0.6) is 0 Å². The molecule has 0 aromatic carbocycles. The van der Waals surface area contributed by atoms with Gasteiger partial charge in [0.15, 0.2) is 0 Å². The molecule has 0 aromatic rings. The van der Waals surface area contributed by atoms with Gasteiger partial charge in [0.2, 0.25) is 5.91 Å². The van der Waals surface area contributed by atoms with Crippen LogP contribution in [-0.2, 0) is 14.6 Å². The van der Waals surface area contributed by atoms with Gasteiger partial charge in [-0.2, -0.15) is 0 Å². The largest absolute Gasteiger partial charge is 0.352 e. The molecule has 0 bridgehead atoms. The summed E-state index contributed by atoms with van der Waals surface area (Å²) in [6, 6.07) is -0.663. The molecule has 0 radical (unpaired) electrons. The smallest absolute Gasteiger partial charge is 0.237 e. The normalized spacial score (nSPS) is 15.6. The lowest BCUT2D eigenvalue weighted by molar-refractivity contribution is -0.123. The second kappa shape index (κ2) is 6.96. The second-order valence-corrected chi connectivity index (χ2v) is 7.05. The molecule has 0 aliphatic rings. The van der Waals surface area contributed by atoms with Crippen LogP contribution in [0, 0.1) is 5.92 Å². The molecule has 0 saturated carbocycles.